The largest absolute Gasteiger partial charge is 0.447 e. The third-order valence-electron chi connectivity index (χ3n) is 5.61. The van der Waals surface area contributed by atoms with E-state index in [-0.39, 0.29) is 29.8 Å². The van der Waals surface area contributed by atoms with Gasteiger partial charge in [-0.1, -0.05) is 6.92 Å². The van der Waals surface area contributed by atoms with Crippen LogP contribution in [0.15, 0.2) is 18.3 Å². The molecule has 0 spiro atoms. The molecule has 4 rings (SSSR count). The minimum atomic E-state index is -0.850. The van der Waals surface area contributed by atoms with Crippen LogP contribution in [-0.4, -0.2) is 41.3 Å². The maximum absolute atomic E-state index is 15.6. The molecule has 1 aliphatic carbocycles. The first-order valence-corrected chi connectivity index (χ1v) is 10.8. The van der Waals surface area contributed by atoms with E-state index in [1.165, 1.54) is 17.2 Å². The summed E-state index contributed by atoms with van der Waals surface area (Å²) in [5, 5.41) is 6.00. The van der Waals surface area contributed by atoms with Gasteiger partial charge in [0.25, 0.3) is 0 Å². The minimum absolute atomic E-state index is 0.0455. The Bertz CT molecular complexity index is 1150. The summed E-state index contributed by atoms with van der Waals surface area (Å²) < 4.78 is 26.0. The summed E-state index contributed by atoms with van der Waals surface area (Å²) in [4.78, 5) is 42.5. The Balaban J connectivity index is 1.77. The van der Waals surface area contributed by atoms with Gasteiger partial charge < -0.3 is 14.8 Å². The van der Waals surface area contributed by atoms with Crippen molar-refractivity contribution in [3.63, 3.8) is 0 Å². The number of amides is 3. The number of carbonyl (C=O) groups is 3. The molecule has 3 atom stereocenters. The zero-order valence-electron chi connectivity index (χ0n) is 19.2. The zero-order valence-corrected chi connectivity index (χ0v) is 19.2. The lowest BCUT2D eigenvalue weighted by molar-refractivity contribution is -0.117. The van der Waals surface area contributed by atoms with Crippen LogP contribution in [0.2, 0.25) is 0 Å². The van der Waals surface area contributed by atoms with Crippen LogP contribution < -0.4 is 15.5 Å². The molecule has 1 aliphatic heterocycles. The molecule has 1 aromatic carbocycles. The number of halogens is 1. The van der Waals surface area contributed by atoms with E-state index in [0.717, 1.165) is 6.42 Å². The summed E-state index contributed by atoms with van der Waals surface area (Å²) in [6.07, 6.45) is 0.659. The minimum Gasteiger partial charge on any atom is -0.447 e. The average molecular weight is 458 g/mol. The third-order valence-corrected chi connectivity index (χ3v) is 5.61. The van der Waals surface area contributed by atoms with Crippen LogP contribution in [0.4, 0.5) is 31.2 Å². The van der Waals surface area contributed by atoms with Gasteiger partial charge in [0.05, 0.1) is 17.4 Å². The molecule has 2 aliphatic rings. The van der Waals surface area contributed by atoms with Crippen LogP contribution in [0, 0.1) is 17.7 Å². The van der Waals surface area contributed by atoms with Crippen molar-refractivity contribution >= 4 is 46.1 Å². The molecule has 2 heterocycles. The number of cyclic esters (lactones) is 1. The smallest absolute Gasteiger partial charge is 0.414 e. The van der Waals surface area contributed by atoms with Crippen LogP contribution in [0.3, 0.4) is 0 Å². The van der Waals surface area contributed by atoms with Gasteiger partial charge in [-0.15, -0.1) is 0 Å². The van der Waals surface area contributed by atoms with Gasteiger partial charge in [0, 0.05) is 17.5 Å². The van der Waals surface area contributed by atoms with Gasteiger partial charge in [-0.2, -0.15) is 0 Å². The van der Waals surface area contributed by atoms with Crippen molar-refractivity contribution in [2.75, 3.05) is 22.1 Å². The second-order valence-corrected chi connectivity index (χ2v) is 9.61. The quantitative estimate of drug-likeness (QED) is 0.690. The standard InChI is InChI=1S/C23H27FN4O5/c1-11-6-14(11)20(29)26-17-8-13-7-16(28-12(2)10-32-22(28)31)18(24)19(15(13)9-25-17)27-21(30)33-23(3,4)5/h7-9,11-12,14H,6,10H2,1-5H3,(H,27,30)(H,25,26,29)/t11-,12-,14-/m1/s1. The number of nitrogens with zero attached hydrogens (tertiary/aromatic N) is 2. The highest BCUT2D eigenvalue weighted by Crippen LogP contribution is 2.40. The first-order valence-electron chi connectivity index (χ1n) is 10.8. The normalized spacial score (nSPS) is 22.2. The lowest BCUT2D eigenvalue weighted by Gasteiger charge is -2.23. The number of anilines is 3. The molecule has 2 fully saturated rings. The van der Waals surface area contributed by atoms with E-state index in [0.29, 0.717) is 22.5 Å². The number of fused-ring (bicyclic) bond motifs is 1. The molecule has 10 heteroatoms. The fourth-order valence-corrected chi connectivity index (χ4v) is 3.79. The summed E-state index contributed by atoms with van der Waals surface area (Å²) in [5.74, 6) is -0.358. The van der Waals surface area contributed by atoms with Crippen molar-refractivity contribution in [2.24, 2.45) is 11.8 Å². The van der Waals surface area contributed by atoms with E-state index < -0.39 is 29.6 Å². The Morgan fingerprint density at radius 3 is 2.52 bits per heavy atom. The van der Waals surface area contributed by atoms with Crippen molar-refractivity contribution in [1.82, 2.24) is 4.98 Å². The number of rotatable bonds is 4. The fraction of sp³-hybridized carbons (Fsp3) is 0.478. The summed E-state index contributed by atoms with van der Waals surface area (Å²) in [6, 6.07) is 2.65. The molecule has 0 radical (unpaired) electrons. The van der Waals surface area contributed by atoms with Gasteiger partial charge in [-0.05, 0) is 57.6 Å². The Labute approximate surface area is 190 Å². The topological polar surface area (TPSA) is 110 Å². The summed E-state index contributed by atoms with van der Waals surface area (Å²) in [5.41, 5.74) is -1.02. The molecule has 9 nitrogen and oxygen atoms in total. The molecule has 2 N–H and O–H groups in total. The SMILES string of the molecule is C[C@@H]1C[C@H]1C(=O)Nc1cc2cc(N3C(=O)OC[C@H]3C)c(F)c(NC(=O)OC(C)(C)C)c2cn1. The molecule has 176 valence electrons. The van der Waals surface area contributed by atoms with Crippen molar-refractivity contribution in [3.05, 3.63) is 24.1 Å². The van der Waals surface area contributed by atoms with Crippen LogP contribution in [-0.2, 0) is 14.3 Å². The predicted molar refractivity (Wildman–Crippen MR) is 121 cm³/mol. The molecule has 33 heavy (non-hydrogen) atoms. The molecule has 3 amide bonds. The first kappa shape index (κ1) is 22.8. The highest BCUT2D eigenvalue weighted by atomic mass is 19.1. The van der Waals surface area contributed by atoms with E-state index in [1.807, 2.05) is 6.92 Å². The number of benzene rings is 1. The maximum atomic E-state index is 15.6. The van der Waals surface area contributed by atoms with Crippen molar-refractivity contribution in [3.8, 4) is 0 Å². The van der Waals surface area contributed by atoms with E-state index in [4.69, 9.17) is 9.47 Å². The average Bonchev–Trinajstić information content (AvgIpc) is 3.35. The van der Waals surface area contributed by atoms with Crippen molar-refractivity contribution < 1.29 is 28.2 Å². The second kappa shape index (κ2) is 8.17. The molecular weight excluding hydrogens is 431 g/mol. The van der Waals surface area contributed by atoms with E-state index in [9.17, 15) is 14.4 Å². The van der Waals surface area contributed by atoms with Crippen molar-refractivity contribution in [1.29, 1.82) is 0 Å². The van der Waals surface area contributed by atoms with E-state index in [2.05, 4.69) is 15.6 Å². The zero-order chi connectivity index (χ0) is 24.1. The molecule has 1 saturated carbocycles. The second-order valence-electron chi connectivity index (χ2n) is 9.61. The van der Waals surface area contributed by atoms with Gasteiger partial charge in [-0.3, -0.25) is 15.0 Å². The fourth-order valence-electron chi connectivity index (χ4n) is 3.79. The van der Waals surface area contributed by atoms with Gasteiger partial charge in [0.2, 0.25) is 5.91 Å². The Hall–Kier alpha value is -3.43. The summed E-state index contributed by atoms with van der Waals surface area (Å²) >= 11 is 0. The lowest BCUT2D eigenvalue weighted by atomic mass is 10.1. The number of ether oxygens (including phenoxy) is 2. The number of hydrogen-bond acceptors (Lipinski definition) is 6. The van der Waals surface area contributed by atoms with Gasteiger partial charge >= 0.3 is 12.2 Å². The van der Waals surface area contributed by atoms with Crippen LogP contribution >= 0.6 is 0 Å². The third kappa shape index (κ3) is 4.69. The van der Waals surface area contributed by atoms with Gasteiger partial charge in [0.15, 0.2) is 5.82 Å². The van der Waals surface area contributed by atoms with E-state index >= 15 is 4.39 Å². The summed E-state index contributed by atoms with van der Waals surface area (Å²) in [6.45, 7) is 8.91. The van der Waals surface area contributed by atoms with Gasteiger partial charge in [0.1, 0.15) is 18.0 Å². The molecule has 2 aromatic rings. The Morgan fingerprint density at radius 1 is 1.24 bits per heavy atom. The van der Waals surface area contributed by atoms with Crippen molar-refractivity contribution in [2.45, 2.75) is 52.7 Å². The first-order chi connectivity index (χ1) is 15.4. The monoisotopic (exact) mass is 458 g/mol. The highest BCUT2D eigenvalue weighted by Gasteiger charge is 2.39. The number of nitrogens with one attached hydrogen (secondary N) is 2. The van der Waals surface area contributed by atoms with Crippen LogP contribution in [0.25, 0.3) is 10.8 Å². The highest BCUT2D eigenvalue weighted by molar-refractivity contribution is 6.06. The molecule has 1 aromatic heterocycles. The number of hydrogen-bond donors (Lipinski definition) is 2. The summed E-state index contributed by atoms with van der Waals surface area (Å²) in [7, 11) is 0. The molecule has 1 saturated heterocycles. The predicted octanol–water partition coefficient (Wildman–Crippen LogP) is 4.66. The molecule has 0 unspecified atom stereocenters. The van der Waals surface area contributed by atoms with Crippen LogP contribution in [0.1, 0.15) is 41.0 Å². The number of carbonyl (C=O) groups excluding carboxylic acids is 3. The van der Waals surface area contributed by atoms with Crippen LogP contribution in [0.5, 0.6) is 0 Å². The molecular formula is C23H27FN4O5. The Kier molecular flexibility index (Phi) is 5.63. The molecule has 0 bridgehead atoms. The maximum Gasteiger partial charge on any atom is 0.414 e. The van der Waals surface area contributed by atoms with Gasteiger partial charge in [-0.25, -0.2) is 19.0 Å². The number of aromatic nitrogens is 1. The Morgan fingerprint density at radius 2 is 1.94 bits per heavy atom. The lowest BCUT2D eigenvalue weighted by Crippen LogP contribution is -2.32. The number of pyridine rings is 1. The van der Waals surface area contributed by atoms with E-state index in [1.54, 1.807) is 33.8 Å².